The van der Waals surface area contributed by atoms with Crippen LogP contribution in [0.5, 0.6) is 11.5 Å². The molecule has 1 aromatic rings. The molecular formula is C20H26O6. The average Bonchev–Trinajstić information content (AvgIpc) is 2.67. The third-order valence-corrected chi connectivity index (χ3v) is 3.51. The van der Waals surface area contributed by atoms with E-state index in [1.165, 1.54) is 6.08 Å². The van der Waals surface area contributed by atoms with E-state index in [0.717, 1.165) is 37.3 Å². The molecule has 0 aliphatic carbocycles. The van der Waals surface area contributed by atoms with E-state index >= 15 is 0 Å². The van der Waals surface area contributed by atoms with Crippen LogP contribution >= 0.6 is 0 Å². The molecule has 0 saturated heterocycles. The van der Waals surface area contributed by atoms with E-state index in [-0.39, 0.29) is 5.97 Å². The maximum absolute atomic E-state index is 11.7. The molecule has 6 nitrogen and oxygen atoms in total. The van der Waals surface area contributed by atoms with Crippen molar-refractivity contribution in [1.29, 1.82) is 0 Å². The zero-order valence-electron chi connectivity index (χ0n) is 15.4. The Hall–Kier alpha value is -2.76. The Labute approximate surface area is 154 Å². The summed E-state index contributed by atoms with van der Waals surface area (Å²) < 4.78 is 20.4. The van der Waals surface area contributed by atoms with Crippen LogP contribution in [-0.2, 0) is 19.1 Å². The predicted molar refractivity (Wildman–Crippen MR) is 99.2 cm³/mol. The molecule has 1 aromatic carbocycles. The minimum atomic E-state index is -0.403. The lowest BCUT2D eigenvalue weighted by Gasteiger charge is -2.07. The first-order valence-electron chi connectivity index (χ1n) is 8.46. The van der Waals surface area contributed by atoms with Crippen molar-refractivity contribution >= 4 is 18.0 Å². The van der Waals surface area contributed by atoms with Crippen LogP contribution in [0.3, 0.4) is 0 Å². The van der Waals surface area contributed by atoms with E-state index in [4.69, 9.17) is 18.9 Å². The van der Waals surface area contributed by atoms with Gasteiger partial charge in [0, 0.05) is 12.2 Å². The lowest BCUT2D eigenvalue weighted by Crippen LogP contribution is -2.03. The van der Waals surface area contributed by atoms with Crippen LogP contribution in [0, 0.1) is 0 Å². The van der Waals surface area contributed by atoms with E-state index in [9.17, 15) is 9.59 Å². The molecule has 0 N–H and O–H groups in total. The molecule has 0 heterocycles. The lowest BCUT2D eigenvalue weighted by molar-refractivity contribution is -0.139. The molecule has 6 heteroatoms. The summed E-state index contributed by atoms with van der Waals surface area (Å²) >= 11 is 0. The van der Waals surface area contributed by atoms with Crippen molar-refractivity contribution in [3.8, 4) is 11.5 Å². The Kier molecular flexibility index (Phi) is 10.3. The summed E-state index contributed by atoms with van der Waals surface area (Å²) in [5, 5.41) is 0. The summed E-state index contributed by atoms with van der Waals surface area (Å²) in [6.07, 6.45) is 7.56. The second-order valence-electron chi connectivity index (χ2n) is 5.40. The number of carbonyl (C=O) groups excluding carboxylic acids is 2. The molecule has 0 atom stereocenters. The Balaban J connectivity index is 2.21. The highest BCUT2D eigenvalue weighted by molar-refractivity contribution is 5.87. The standard InChI is InChI=1S/C20H26O6/c1-4-19(21)25-13-7-5-6-8-14-26-20(22)12-10-16-9-11-17(23-2)18(15-16)24-3/h4,9-12,15H,1,5-8,13-14H2,2-3H3. The first kappa shape index (κ1) is 21.3. The van der Waals surface area contributed by atoms with E-state index < -0.39 is 5.97 Å². The number of esters is 2. The van der Waals surface area contributed by atoms with Gasteiger partial charge >= 0.3 is 11.9 Å². The number of ether oxygens (including phenoxy) is 4. The summed E-state index contributed by atoms with van der Waals surface area (Å²) in [7, 11) is 3.13. The van der Waals surface area contributed by atoms with Gasteiger partial charge in [0.2, 0.25) is 0 Å². The van der Waals surface area contributed by atoms with Crippen LogP contribution in [0.2, 0.25) is 0 Å². The summed E-state index contributed by atoms with van der Waals surface area (Å²) in [6, 6.07) is 5.38. The van der Waals surface area contributed by atoms with Gasteiger partial charge in [0.15, 0.2) is 11.5 Å². The fourth-order valence-corrected chi connectivity index (χ4v) is 2.13. The zero-order chi connectivity index (χ0) is 19.2. The van der Waals surface area contributed by atoms with E-state index in [0.29, 0.717) is 24.7 Å². The van der Waals surface area contributed by atoms with Crippen molar-refractivity contribution < 1.29 is 28.5 Å². The largest absolute Gasteiger partial charge is 0.493 e. The Morgan fingerprint density at radius 1 is 0.923 bits per heavy atom. The van der Waals surface area contributed by atoms with Gasteiger partial charge in [-0.2, -0.15) is 0 Å². The van der Waals surface area contributed by atoms with Gasteiger partial charge in [-0.05, 0) is 49.5 Å². The Morgan fingerprint density at radius 3 is 2.12 bits per heavy atom. The molecule has 1 rings (SSSR count). The fourth-order valence-electron chi connectivity index (χ4n) is 2.13. The molecule has 26 heavy (non-hydrogen) atoms. The van der Waals surface area contributed by atoms with Crippen LogP contribution in [0.15, 0.2) is 36.9 Å². The lowest BCUT2D eigenvalue weighted by atomic mass is 10.2. The van der Waals surface area contributed by atoms with E-state index in [1.54, 1.807) is 32.4 Å². The highest BCUT2D eigenvalue weighted by atomic mass is 16.5. The van der Waals surface area contributed by atoms with Gasteiger partial charge in [-0.25, -0.2) is 9.59 Å². The van der Waals surface area contributed by atoms with E-state index in [1.807, 2.05) is 6.07 Å². The van der Waals surface area contributed by atoms with Crippen LogP contribution in [-0.4, -0.2) is 39.4 Å². The van der Waals surface area contributed by atoms with Gasteiger partial charge in [-0.15, -0.1) is 0 Å². The molecule has 0 spiro atoms. The molecule has 0 fully saturated rings. The number of methoxy groups -OCH3 is 2. The SMILES string of the molecule is C=CC(=O)OCCCCCCOC(=O)C=Cc1ccc(OC)c(OC)c1. The van der Waals surface area contributed by atoms with E-state index in [2.05, 4.69) is 6.58 Å². The fraction of sp³-hybridized carbons (Fsp3) is 0.400. The summed E-state index contributed by atoms with van der Waals surface area (Å²) in [5.41, 5.74) is 0.814. The molecule has 0 aliphatic heterocycles. The quantitative estimate of drug-likeness (QED) is 0.322. The maximum atomic E-state index is 11.7. The number of benzene rings is 1. The predicted octanol–water partition coefficient (Wildman–Crippen LogP) is 3.55. The minimum Gasteiger partial charge on any atom is -0.493 e. The van der Waals surface area contributed by atoms with Crippen molar-refractivity contribution in [1.82, 2.24) is 0 Å². The van der Waals surface area contributed by atoms with Crippen molar-refractivity contribution in [2.75, 3.05) is 27.4 Å². The van der Waals surface area contributed by atoms with Gasteiger partial charge in [-0.3, -0.25) is 0 Å². The normalized spacial score (nSPS) is 10.4. The molecule has 0 amide bonds. The summed E-state index contributed by atoms with van der Waals surface area (Å²) in [4.78, 5) is 22.5. The summed E-state index contributed by atoms with van der Waals surface area (Å²) in [5.74, 6) is 0.438. The Morgan fingerprint density at radius 2 is 1.54 bits per heavy atom. The van der Waals surface area contributed by atoms with Gasteiger partial charge in [-0.1, -0.05) is 12.6 Å². The van der Waals surface area contributed by atoms with Gasteiger partial charge < -0.3 is 18.9 Å². The molecular weight excluding hydrogens is 336 g/mol. The molecule has 0 saturated carbocycles. The molecule has 0 bridgehead atoms. The number of hydrogen-bond acceptors (Lipinski definition) is 6. The van der Waals surface area contributed by atoms with Gasteiger partial charge in [0.05, 0.1) is 27.4 Å². The average molecular weight is 362 g/mol. The van der Waals surface area contributed by atoms with Crippen LogP contribution in [0.1, 0.15) is 31.2 Å². The number of hydrogen-bond donors (Lipinski definition) is 0. The first-order valence-corrected chi connectivity index (χ1v) is 8.46. The Bertz CT molecular complexity index is 621. The van der Waals surface area contributed by atoms with Gasteiger partial charge in [0.25, 0.3) is 0 Å². The number of unbranched alkanes of at least 4 members (excludes halogenated alkanes) is 3. The monoisotopic (exact) mass is 362 g/mol. The highest BCUT2D eigenvalue weighted by Crippen LogP contribution is 2.27. The molecule has 142 valence electrons. The summed E-state index contributed by atoms with van der Waals surface area (Å²) in [6.45, 7) is 4.08. The minimum absolute atomic E-state index is 0.363. The maximum Gasteiger partial charge on any atom is 0.330 e. The zero-order valence-corrected chi connectivity index (χ0v) is 15.4. The first-order chi connectivity index (χ1) is 12.6. The van der Waals surface area contributed by atoms with Crippen molar-refractivity contribution in [2.24, 2.45) is 0 Å². The third kappa shape index (κ3) is 8.37. The molecule has 0 unspecified atom stereocenters. The smallest absolute Gasteiger partial charge is 0.330 e. The topological polar surface area (TPSA) is 71.1 Å². The second kappa shape index (κ2) is 12.6. The van der Waals surface area contributed by atoms with Gasteiger partial charge in [0.1, 0.15) is 0 Å². The number of carbonyl (C=O) groups is 2. The number of rotatable bonds is 12. The molecule has 0 aromatic heterocycles. The van der Waals surface area contributed by atoms with Crippen LogP contribution < -0.4 is 9.47 Å². The molecule has 0 radical (unpaired) electrons. The van der Waals surface area contributed by atoms with Crippen LogP contribution in [0.25, 0.3) is 6.08 Å². The molecule has 0 aliphatic rings. The highest BCUT2D eigenvalue weighted by Gasteiger charge is 2.03. The van der Waals surface area contributed by atoms with Crippen molar-refractivity contribution in [3.05, 3.63) is 42.5 Å². The van der Waals surface area contributed by atoms with Crippen LogP contribution in [0.4, 0.5) is 0 Å². The second-order valence-corrected chi connectivity index (χ2v) is 5.40. The van der Waals surface area contributed by atoms with Crippen molar-refractivity contribution in [2.45, 2.75) is 25.7 Å². The van der Waals surface area contributed by atoms with Crippen molar-refractivity contribution in [3.63, 3.8) is 0 Å². The third-order valence-electron chi connectivity index (χ3n) is 3.51.